The molecule has 0 aromatic carbocycles. The Morgan fingerprint density at radius 3 is 2.46 bits per heavy atom. The van der Waals surface area contributed by atoms with Crippen molar-refractivity contribution in [1.82, 2.24) is 9.97 Å². The van der Waals surface area contributed by atoms with Gasteiger partial charge in [0, 0.05) is 24.3 Å². The quantitative estimate of drug-likeness (QED) is 0.420. The van der Waals surface area contributed by atoms with Gasteiger partial charge in [-0.1, -0.05) is 11.8 Å². The summed E-state index contributed by atoms with van der Waals surface area (Å²) in [6, 6.07) is 1.97. The largest absolute Gasteiger partial charge is 0.384 e. The molecule has 3 nitrogen and oxygen atoms in total. The summed E-state index contributed by atoms with van der Waals surface area (Å²) in [5, 5.41) is 0.842. The summed E-state index contributed by atoms with van der Waals surface area (Å²) in [6.45, 7) is 4.70. The van der Waals surface area contributed by atoms with Gasteiger partial charge in [-0.3, -0.25) is 0 Å². The Balaban J connectivity index is 2.56. The highest BCUT2D eigenvalue weighted by Crippen LogP contribution is 2.13. The molecule has 0 aliphatic rings. The Labute approximate surface area is 82.9 Å². The van der Waals surface area contributed by atoms with Gasteiger partial charge in [0.15, 0.2) is 5.16 Å². The lowest BCUT2D eigenvalue weighted by Gasteiger charge is -2.01. The van der Waals surface area contributed by atoms with E-state index in [-0.39, 0.29) is 0 Å². The molecule has 13 heavy (non-hydrogen) atoms. The van der Waals surface area contributed by atoms with Crippen molar-refractivity contribution in [3.05, 3.63) is 17.5 Å². The molecule has 0 spiro atoms. The number of hydrogen-bond donors (Lipinski definition) is 0. The van der Waals surface area contributed by atoms with Crippen LogP contribution in [0.2, 0.25) is 0 Å². The summed E-state index contributed by atoms with van der Waals surface area (Å²) in [7, 11) is 1.70. The van der Waals surface area contributed by atoms with Crippen molar-refractivity contribution in [2.24, 2.45) is 0 Å². The van der Waals surface area contributed by atoms with Gasteiger partial charge in [0.05, 0.1) is 6.61 Å². The van der Waals surface area contributed by atoms with Crippen LogP contribution in [0, 0.1) is 13.8 Å². The fourth-order valence-electron chi connectivity index (χ4n) is 0.974. The van der Waals surface area contributed by atoms with Crippen LogP contribution in [0.5, 0.6) is 0 Å². The zero-order chi connectivity index (χ0) is 9.68. The first-order valence-corrected chi connectivity index (χ1v) is 5.15. The zero-order valence-electron chi connectivity index (χ0n) is 8.20. The lowest BCUT2D eigenvalue weighted by molar-refractivity contribution is 0.218. The molecule has 72 valence electrons. The molecule has 0 radical (unpaired) electrons. The van der Waals surface area contributed by atoms with E-state index in [0.717, 1.165) is 28.9 Å². The fourth-order valence-corrected chi connectivity index (χ4v) is 1.82. The maximum atomic E-state index is 4.95. The highest BCUT2D eigenvalue weighted by Gasteiger charge is 1.99. The highest BCUT2D eigenvalue weighted by atomic mass is 32.2. The zero-order valence-corrected chi connectivity index (χ0v) is 9.02. The topological polar surface area (TPSA) is 35.0 Å². The summed E-state index contributed by atoms with van der Waals surface area (Å²) < 4.78 is 4.95. The van der Waals surface area contributed by atoms with Gasteiger partial charge >= 0.3 is 0 Å². The molecule has 0 aliphatic carbocycles. The Hall–Kier alpha value is -0.610. The number of aromatic nitrogens is 2. The van der Waals surface area contributed by atoms with Crippen LogP contribution in [0.25, 0.3) is 0 Å². The molecule has 0 aliphatic heterocycles. The van der Waals surface area contributed by atoms with Crippen LogP contribution in [-0.2, 0) is 4.74 Å². The van der Waals surface area contributed by atoms with Gasteiger partial charge in [0.2, 0.25) is 0 Å². The van der Waals surface area contributed by atoms with E-state index in [9.17, 15) is 0 Å². The van der Waals surface area contributed by atoms with Crippen LogP contribution in [-0.4, -0.2) is 29.4 Å². The molecule has 0 fully saturated rings. The van der Waals surface area contributed by atoms with Crippen molar-refractivity contribution >= 4 is 11.8 Å². The van der Waals surface area contributed by atoms with Crippen LogP contribution in [0.3, 0.4) is 0 Å². The fraction of sp³-hybridized carbons (Fsp3) is 0.556. The van der Waals surface area contributed by atoms with E-state index in [1.54, 1.807) is 18.9 Å². The lowest BCUT2D eigenvalue weighted by atomic mass is 10.4. The molecular weight excluding hydrogens is 184 g/mol. The molecule has 1 rings (SSSR count). The second-order valence-corrected chi connectivity index (χ2v) is 3.84. The number of methoxy groups -OCH3 is 1. The summed E-state index contributed by atoms with van der Waals surface area (Å²) in [4.78, 5) is 8.60. The van der Waals surface area contributed by atoms with E-state index in [1.807, 2.05) is 19.9 Å². The van der Waals surface area contributed by atoms with E-state index in [1.165, 1.54) is 0 Å². The third-order valence-electron chi connectivity index (χ3n) is 1.48. The first-order valence-electron chi connectivity index (χ1n) is 4.16. The summed E-state index contributed by atoms with van der Waals surface area (Å²) in [6.07, 6.45) is 0. The van der Waals surface area contributed by atoms with Crippen molar-refractivity contribution < 1.29 is 4.74 Å². The molecule has 1 aromatic heterocycles. The van der Waals surface area contributed by atoms with Crippen LogP contribution in [0.1, 0.15) is 11.4 Å². The van der Waals surface area contributed by atoms with Crippen molar-refractivity contribution in [2.45, 2.75) is 19.0 Å². The Kier molecular flexibility index (Phi) is 4.18. The predicted octanol–water partition coefficient (Wildman–Crippen LogP) is 1.83. The van der Waals surface area contributed by atoms with Gasteiger partial charge in [-0.05, 0) is 19.9 Å². The first kappa shape index (κ1) is 10.5. The monoisotopic (exact) mass is 198 g/mol. The van der Waals surface area contributed by atoms with E-state index < -0.39 is 0 Å². The van der Waals surface area contributed by atoms with Crippen LogP contribution >= 0.6 is 11.8 Å². The van der Waals surface area contributed by atoms with Crippen molar-refractivity contribution in [2.75, 3.05) is 19.5 Å². The Morgan fingerprint density at radius 2 is 1.92 bits per heavy atom. The third kappa shape index (κ3) is 3.74. The van der Waals surface area contributed by atoms with Crippen molar-refractivity contribution in [1.29, 1.82) is 0 Å². The van der Waals surface area contributed by atoms with Gasteiger partial charge in [0.1, 0.15) is 0 Å². The molecule has 0 saturated carbocycles. The van der Waals surface area contributed by atoms with Crippen LogP contribution in [0.15, 0.2) is 11.2 Å². The van der Waals surface area contributed by atoms with Gasteiger partial charge in [-0.2, -0.15) is 0 Å². The molecule has 1 heterocycles. The summed E-state index contributed by atoms with van der Waals surface area (Å²) in [5.41, 5.74) is 2.04. The number of thioether (sulfide) groups is 1. The van der Waals surface area contributed by atoms with Gasteiger partial charge in [0.25, 0.3) is 0 Å². The van der Waals surface area contributed by atoms with Gasteiger partial charge in [-0.25, -0.2) is 9.97 Å². The lowest BCUT2D eigenvalue weighted by Crippen LogP contribution is -1.96. The molecule has 0 unspecified atom stereocenters. The van der Waals surface area contributed by atoms with Crippen LogP contribution in [0.4, 0.5) is 0 Å². The number of nitrogens with zero attached hydrogens (tertiary/aromatic N) is 2. The number of hydrogen-bond acceptors (Lipinski definition) is 4. The smallest absolute Gasteiger partial charge is 0.188 e. The molecule has 0 atom stereocenters. The summed E-state index contributed by atoms with van der Waals surface area (Å²) >= 11 is 1.63. The molecule has 0 N–H and O–H groups in total. The minimum Gasteiger partial charge on any atom is -0.384 e. The van der Waals surface area contributed by atoms with Crippen molar-refractivity contribution in [3.63, 3.8) is 0 Å². The molecule has 4 heteroatoms. The third-order valence-corrected chi connectivity index (χ3v) is 2.29. The summed E-state index contributed by atoms with van der Waals surface area (Å²) in [5.74, 6) is 0.902. The second kappa shape index (κ2) is 5.19. The van der Waals surface area contributed by atoms with E-state index >= 15 is 0 Å². The maximum absolute atomic E-state index is 4.95. The normalized spacial score (nSPS) is 10.4. The average Bonchev–Trinajstić information content (AvgIpc) is 2.03. The van der Waals surface area contributed by atoms with Gasteiger partial charge < -0.3 is 4.74 Å². The maximum Gasteiger partial charge on any atom is 0.188 e. The average molecular weight is 198 g/mol. The van der Waals surface area contributed by atoms with Gasteiger partial charge in [-0.15, -0.1) is 0 Å². The Morgan fingerprint density at radius 1 is 1.31 bits per heavy atom. The minimum atomic E-state index is 0.737. The Bertz CT molecular complexity index is 258. The molecular formula is C9H14N2OS. The predicted molar refractivity (Wildman–Crippen MR) is 54.1 cm³/mol. The molecule has 1 aromatic rings. The van der Waals surface area contributed by atoms with E-state index in [4.69, 9.17) is 4.74 Å². The van der Waals surface area contributed by atoms with Crippen LogP contribution < -0.4 is 0 Å². The second-order valence-electron chi connectivity index (χ2n) is 2.77. The number of aryl methyl sites for hydroxylation is 2. The molecule has 0 amide bonds. The van der Waals surface area contributed by atoms with E-state index in [0.29, 0.717) is 0 Å². The molecule has 0 bridgehead atoms. The SMILES string of the molecule is COCCSc1nc(C)cc(C)n1. The molecule has 0 saturated heterocycles. The number of ether oxygens (including phenoxy) is 1. The standard InChI is InChI=1S/C9H14N2OS/c1-7-6-8(2)11-9(10-7)13-5-4-12-3/h6H,4-5H2,1-3H3. The first-order chi connectivity index (χ1) is 6.22. The van der Waals surface area contributed by atoms with Crippen molar-refractivity contribution in [3.8, 4) is 0 Å². The number of rotatable bonds is 4. The highest BCUT2D eigenvalue weighted by molar-refractivity contribution is 7.99. The minimum absolute atomic E-state index is 0.737. The van der Waals surface area contributed by atoms with E-state index in [2.05, 4.69) is 9.97 Å².